The lowest BCUT2D eigenvalue weighted by molar-refractivity contribution is 0.100. The van der Waals surface area contributed by atoms with Crippen LogP contribution in [0.2, 0.25) is 0 Å². The average Bonchev–Trinajstić information content (AvgIpc) is 2.53. The Morgan fingerprint density at radius 2 is 1.79 bits per heavy atom. The lowest BCUT2D eigenvalue weighted by Gasteiger charge is -2.07. The topological polar surface area (TPSA) is 159 Å². The Kier molecular flexibility index (Phi) is 5.09. The van der Waals surface area contributed by atoms with Gasteiger partial charge in [0.25, 0.3) is 0 Å². The van der Waals surface area contributed by atoms with Crippen molar-refractivity contribution in [2.45, 2.75) is 6.54 Å². The van der Waals surface area contributed by atoms with Crippen LogP contribution < -0.4 is 22.5 Å². The van der Waals surface area contributed by atoms with Crippen molar-refractivity contribution in [3.05, 3.63) is 41.7 Å². The van der Waals surface area contributed by atoms with Crippen LogP contribution in [-0.4, -0.2) is 25.8 Å². The average molecular weight is 391 g/mol. The van der Waals surface area contributed by atoms with Crippen molar-refractivity contribution in [2.24, 2.45) is 5.73 Å². The van der Waals surface area contributed by atoms with Crippen molar-refractivity contribution in [1.29, 1.82) is 0 Å². The van der Waals surface area contributed by atoms with E-state index in [1.807, 2.05) is 0 Å². The molecule has 2 heterocycles. The first kappa shape index (κ1) is 17.3. The number of fused-ring (bicyclic) bond motifs is 1. The molecule has 7 N–H and O–H groups in total. The maximum atomic E-state index is 11.0. The predicted octanol–water partition coefficient (Wildman–Crippen LogP) is 0.873. The molecule has 0 aliphatic rings. The number of carbonyl (C=O) groups is 1. The summed E-state index contributed by atoms with van der Waals surface area (Å²) in [7, 11) is 0. The standard InChI is InChI=1S/C14H14N8O.BrH/c15-11-10-13(22-14(17)21-11)19-6-9(20-10)5-18-8-3-1-7(2-4-8)12(16)23;/h1-4,6,18H,5H2,(H2,16,23)(H4,15,17,19,21,22);1H. The summed E-state index contributed by atoms with van der Waals surface area (Å²) in [5.41, 5.74) is 19.2. The molecule has 0 saturated heterocycles. The Morgan fingerprint density at radius 1 is 1.08 bits per heavy atom. The van der Waals surface area contributed by atoms with E-state index in [2.05, 4.69) is 25.3 Å². The molecule has 10 heteroatoms. The number of nitrogens with two attached hydrogens (primary N) is 3. The van der Waals surface area contributed by atoms with Crippen LogP contribution in [-0.2, 0) is 6.54 Å². The Balaban J connectivity index is 0.00000208. The van der Waals surface area contributed by atoms with Crippen molar-refractivity contribution in [3.8, 4) is 0 Å². The number of carbonyl (C=O) groups excluding carboxylic acids is 1. The maximum absolute atomic E-state index is 11.0. The molecule has 24 heavy (non-hydrogen) atoms. The molecule has 3 rings (SSSR count). The van der Waals surface area contributed by atoms with E-state index in [4.69, 9.17) is 17.2 Å². The van der Waals surface area contributed by atoms with E-state index in [0.29, 0.717) is 29.0 Å². The molecule has 0 atom stereocenters. The lowest BCUT2D eigenvalue weighted by Crippen LogP contribution is -2.10. The fraction of sp³-hybridized carbons (Fsp3) is 0.0714. The number of hydrogen-bond donors (Lipinski definition) is 4. The molecule has 0 saturated carbocycles. The van der Waals surface area contributed by atoms with Gasteiger partial charge in [-0.25, -0.2) is 9.97 Å². The predicted molar refractivity (Wildman–Crippen MR) is 96.6 cm³/mol. The van der Waals surface area contributed by atoms with Gasteiger partial charge < -0.3 is 22.5 Å². The van der Waals surface area contributed by atoms with E-state index in [-0.39, 0.29) is 28.7 Å². The first-order valence-corrected chi connectivity index (χ1v) is 6.71. The summed E-state index contributed by atoms with van der Waals surface area (Å²) in [4.78, 5) is 27.4. The van der Waals surface area contributed by atoms with E-state index < -0.39 is 5.91 Å². The molecule has 0 unspecified atom stereocenters. The number of nitrogens with zero attached hydrogens (tertiary/aromatic N) is 4. The van der Waals surface area contributed by atoms with E-state index in [0.717, 1.165) is 5.69 Å². The number of rotatable bonds is 4. The van der Waals surface area contributed by atoms with Crippen LogP contribution in [0.1, 0.15) is 16.1 Å². The van der Waals surface area contributed by atoms with Gasteiger partial charge in [0.2, 0.25) is 11.9 Å². The van der Waals surface area contributed by atoms with Gasteiger partial charge in [-0.1, -0.05) is 0 Å². The van der Waals surface area contributed by atoms with Crippen molar-refractivity contribution in [1.82, 2.24) is 19.9 Å². The van der Waals surface area contributed by atoms with Crippen LogP contribution >= 0.6 is 17.0 Å². The molecule has 0 radical (unpaired) electrons. The number of benzene rings is 1. The van der Waals surface area contributed by atoms with E-state index in [9.17, 15) is 4.79 Å². The van der Waals surface area contributed by atoms with E-state index in [1.54, 1.807) is 30.5 Å². The van der Waals surface area contributed by atoms with Gasteiger partial charge in [-0.3, -0.25) is 4.79 Å². The second-order valence-corrected chi connectivity index (χ2v) is 4.80. The van der Waals surface area contributed by atoms with Crippen LogP contribution in [0.15, 0.2) is 30.5 Å². The largest absolute Gasteiger partial charge is 0.382 e. The molecule has 1 aromatic carbocycles. The summed E-state index contributed by atoms with van der Waals surface area (Å²) in [5, 5.41) is 3.16. The van der Waals surface area contributed by atoms with Crippen LogP contribution in [0.25, 0.3) is 11.2 Å². The minimum Gasteiger partial charge on any atom is -0.382 e. The number of halogens is 1. The third-order valence-corrected chi connectivity index (χ3v) is 3.14. The highest BCUT2D eigenvalue weighted by molar-refractivity contribution is 8.93. The summed E-state index contributed by atoms with van der Waals surface area (Å²) in [5.74, 6) is -0.218. The molecule has 2 aromatic heterocycles. The second-order valence-electron chi connectivity index (χ2n) is 4.80. The number of primary amides is 1. The summed E-state index contributed by atoms with van der Waals surface area (Å²) in [6.07, 6.45) is 1.58. The van der Waals surface area contributed by atoms with Gasteiger partial charge in [0, 0.05) is 11.3 Å². The zero-order chi connectivity index (χ0) is 16.4. The molecule has 9 nitrogen and oxygen atoms in total. The highest BCUT2D eigenvalue weighted by Gasteiger charge is 2.07. The Bertz CT molecular complexity index is 884. The van der Waals surface area contributed by atoms with Crippen LogP contribution in [0, 0.1) is 0 Å². The maximum Gasteiger partial charge on any atom is 0.248 e. The number of anilines is 3. The number of nitrogen functional groups attached to an aromatic ring is 2. The van der Waals surface area contributed by atoms with Gasteiger partial charge in [-0.05, 0) is 24.3 Å². The van der Waals surface area contributed by atoms with Gasteiger partial charge in [0.05, 0.1) is 18.4 Å². The van der Waals surface area contributed by atoms with Crippen LogP contribution in [0.4, 0.5) is 17.5 Å². The molecular weight excluding hydrogens is 376 g/mol. The minimum atomic E-state index is -0.466. The summed E-state index contributed by atoms with van der Waals surface area (Å²) >= 11 is 0. The number of hydrogen-bond acceptors (Lipinski definition) is 8. The first-order valence-electron chi connectivity index (χ1n) is 6.71. The fourth-order valence-electron chi connectivity index (χ4n) is 2.01. The van der Waals surface area contributed by atoms with E-state index in [1.165, 1.54) is 0 Å². The highest BCUT2D eigenvalue weighted by Crippen LogP contribution is 2.15. The molecule has 0 fully saturated rings. The van der Waals surface area contributed by atoms with Gasteiger partial charge in [-0.2, -0.15) is 9.97 Å². The molecular formula is C14H15BrN8O. The quantitative estimate of drug-likeness (QED) is 0.510. The first-order chi connectivity index (χ1) is 11.0. The number of aromatic nitrogens is 4. The molecule has 0 aliphatic carbocycles. The molecule has 0 aliphatic heterocycles. The van der Waals surface area contributed by atoms with Crippen molar-refractivity contribution >= 4 is 51.5 Å². The third kappa shape index (κ3) is 3.66. The molecule has 0 bridgehead atoms. The lowest BCUT2D eigenvalue weighted by atomic mass is 10.2. The summed E-state index contributed by atoms with van der Waals surface area (Å²) < 4.78 is 0. The second kappa shape index (κ2) is 7.04. The fourth-order valence-corrected chi connectivity index (χ4v) is 2.01. The minimum absolute atomic E-state index is 0. The van der Waals surface area contributed by atoms with Gasteiger partial charge >= 0.3 is 0 Å². The monoisotopic (exact) mass is 390 g/mol. The summed E-state index contributed by atoms with van der Waals surface area (Å²) in [6.45, 7) is 0.419. The zero-order valence-electron chi connectivity index (χ0n) is 12.4. The van der Waals surface area contributed by atoms with Crippen molar-refractivity contribution < 1.29 is 4.79 Å². The Morgan fingerprint density at radius 3 is 2.46 bits per heavy atom. The van der Waals surface area contributed by atoms with Crippen LogP contribution in [0.5, 0.6) is 0 Å². The van der Waals surface area contributed by atoms with Gasteiger partial charge in [-0.15, -0.1) is 17.0 Å². The highest BCUT2D eigenvalue weighted by atomic mass is 79.9. The van der Waals surface area contributed by atoms with Gasteiger partial charge in [0.15, 0.2) is 17.0 Å². The van der Waals surface area contributed by atoms with Crippen molar-refractivity contribution in [2.75, 3.05) is 16.8 Å². The normalized spacial score (nSPS) is 10.2. The third-order valence-electron chi connectivity index (χ3n) is 3.14. The van der Waals surface area contributed by atoms with Gasteiger partial charge in [0.1, 0.15) is 0 Å². The SMILES string of the molecule is Br.NC(=O)c1ccc(NCc2cnc3nc(N)nc(N)c3n2)cc1. The van der Waals surface area contributed by atoms with Crippen molar-refractivity contribution in [3.63, 3.8) is 0 Å². The zero-order valence-corrected chi connectivity index (χ0v) is 14.1. The molecule has 3 aromatic rings. The summed E-state index contributed by atoms with van der Waals surface area (Å²) in [6, 6.07) is 6.80. The van der Waals surface area contributed by atoms with E-state index >= 15 is 0 Å². The number of nitrogens with one attached hydrogen (secondary N) is 1. The van der Waals surface area contributed by atoms with Crippen LogP contribution in [0.3, 0.4) is 0 Å². The Hall–Kier alpha value is -3.01. The Labute approximate surface area is 147 Å². The molecule has 0 spiro atoms. The molecule has 1 amide bonds. The number of amides is 1. The molecule has 124 valence electrons. The smallest absolute Gasteiger partial charge is 0.248 e.